The van der Waals surface area contributed by atoms with Gasteiger partial charge in [0.1, 0.15) is 11.5 Å². The Hall–Kier alpha value is -0.450. The van der Waals surface area contributed by atoms with E-state index in [1.165, 1.54) is 11.5 Å². The van der Waals surface area contributed by atoms with Crippen LogP contribution in [0.25, 0.3) is 0 Å². The van der Waals surface area contributed by atoms with Crippen LogP contribution in [0.4, 0.5) is 0 Å². The fourth-order valence-electron chi connectivity index (χ4n) is 2.35. The van der Waals surface area contributed by atoms with Crippen molar-refractivity contribution in [3.05, 3.63) is 23.7 Å². The Balaban J connectivity index is 2.17. The van der Waals surface area contributed by atoms with Crippen LogP contribution in [0, 0.1) is 6.92 Å². The lowest BCUT2D eigenvalue weighted by Crippen LogP contribution is -2.44. The third kappa shape index (κ3) is 3.06. The molecule has 3 nitrogen and oxygen atoms in total. The van der Waals surface area contributed by atoms with Gasteiger partial charge in [-0.1, -0.05) is 6.92 Å². The van der Waals surface area contributed by atoms with Gasteiger partial charge in [-0.15, -0.1) is 0 Å². The Kier molecular flexibility index (Phi) is 4.54. The molecule has 0 aromatic carbocycles. The number of hydrogen-bond acceptors (Lipinski definition) is 4. The van der Waals surface area contributed by atoms with Crippen LogP contribution < -0.4 is 5.73 Å². The first kappa shape index (κ1) is 13.0. The average Bonchev–Trinajstić information content (AvgIpc) is 2.77. The molecule has 0 aliphatic carbocycles. The summed E-state index contributed by atoms with van der Waals surface area (Å²) >= 11 is 2.02. The molecular weight excluding hydrogens is 232 g/mol. The Morgan fingerprint density at radius 2 is 2.12 bits per heavy atom. The molecule has 1 aromatic heterocycles. The zero-order valence-corrected chi connectivity index (χ0v) is 11.5. The minimum Gasteiger partial charge on any atom is -0.465 e. The normalized spacial score (nSPS) is 21.4. The molecule has 2 heterocycles. The number of nitrogens with zero attached hydrogens (tertiary/aromatic N) is 1. The second-order valence-electron chi connectivity index (χ2n) is 4.61. The fraction of sp³-hybridized carbons (Fsp3) is 0.692. The van der Waals surface area contributed by atoms with Crippen LogP contribution in [0.3, 0.4) is 0 Å². The maximum Gasteiger partial charge on any atom is 0.122 e. The molecule has 1 fully saturated rings. The molecule has 2 rings (SSSR count). The van der Waals surface area contributed by atoms with E-state index >= 15 is 0 Å². The van der Waals surface area contributed by atoms with Gasteiger partial charge in [-0.2, -0.15) is 11.8 Å². The van der Waals surface area contributed by atoms with Crippen LogP contribution in [0.5, 0.6) is 0 Å². The highest BCUT2D eigenvalue weighted by atomic mass is 32.2. The van der Waals surface area contributed by atoms with Gasteiger partial charge in [0.25, 0.3) is 0 Å². The summed E-state index contributed by atoms with van der Waals surface area (Å²) in [6.07, 6.45) is 0.980. The van der Waals surface area contributed by atoms with Crippen LogP contribution in [0.1, 0.15) is 30.9 Å². The number of thioether (sulfide) groups is 1. The van der Waals surface area contributed by atoms with Gasteiger partial charge in [0.15, 0.2) is 0 Å². The van der Waals surface area contributed by atoms with E-state index in [0.717, 1.165) is 31.0 Å². The zero-order valence-electron chi connectivity index (χ0n) is 10.7. The van der Waals surface area contributed by atoms with Crippen molar-refractivity contribution < 1.29 is 4.42 Å². The molecule has 1 aromatic rings. The Labute approximate surface area is 108 Å². The molecular formula is C13H22N2OS. The van der Waals surface area contributed by atoms with E-state index in [9.17, 15) is 0 Å². The summed E-state index contributed by atoms with van der Waals surface area (Å²) in [4.78, 5) is 2.48. The minimum absolute atomic E-state index is 0.156. The van der Waals surface area contributed by atoms with E-state index in [1.54, 1.807) is 0 Å². The molecule has 2 unspecified atom stereocenters. The number of furan rings is 1. The van der Waals surface area contributed by atoms with Crippen LogP contribution in [0.2, 0.25) is 0 Å². The van der Waals surface area contributed by atoms with E-state index in [1.807, 2.05) is 24.8 Å². The lowest BCUT2D eigenvalue weighted by Gasteiger charge is -2.36. The van der Waals surface area contributed by atoms with Crippen molar-refractivity contribution in [2.45, 2.75) is 32.4 Å². The summed E-state index contributed by atoms with van der Waals surface area (Å²) in [5.74, 6) is 4.41. The first-order chi connectivity index (χ1) is 8.22. The summed E-state index contributed by atoms with van der Waals surface area (Å²) in [7, 11) is 0. The molecule has 17 heavy (non-hydrogen) atoms. The Morgan fingerprint density at radius 3 is 2.65 bits per heavy atom. The largest absolute Gasteiger partial charge is 0.465 e. The predicted octanol–water partition coefficient (Wildman–Crippen LogP) is 2.42. The van der Waals surface area contributed by atoms with Crippen LogP contribution in [-0.2, 0) is 0 Å². The second kappa shape index (κ2) is 5.94. The standard InChI is InChI=1S/C13H22N2OS/c1-3-11(14)13(12-5-4-10(2)16-12)15-6-8-17-9-7-15/h4-5,11,13H,3,6-9,14H2,1-2H3. The van der Waals surface area contributed by atoms with Gasteiger partial charge < -0.3 is 10.2 Å². The number of rotatable bonds is 4. The molecule has 96 valence electrons. The molecule has 0 spiro atoms. The number of hydrogen-bond donors (Lipinski definition) is 1. The summed E-state index contributed by atoms with van der Waals surface area (Å²) in [5.41, 5.74) is 6.28. The maximum atomic E-state index is 6.28. The van der Waals surface area contributed by atoms with Crippen molar-refractivity contribution in [2.24, 2.45) is 5.73 Å². The van der Waals surface area contributed by atoms with Gasteiger partial charge in [0, 0.05) is 30.6 Å². The lowest BCUT2D eigenvalue weighted by molar-refractivity contribution is 0.161. The third-order valence-corrected chi connectivity index (χ3v) is 4.31. The first-order valence-electron chi connectivity index (χ1n) is 6.36. The van der Waals surface area contributed by atoms with Crippen molar-refractivity contribution in [2.75, 3.05) is 24.6 Å². The van der Waals surface area contributed by atoms with Gasteiger partial charge in [0.05, 0.1) is 6.04 Å². The van der Waals surface area contributed by atoms with Crippen molar-refractivity contribution >= 4 is 11.8 Å². The zero-order chi connectivity index (χ0) is 12.3. The molecule has 0 amide bonds. The Bertz CT molecular complexity index is 347. The highest BCUT2D eigenvalue weighted by Crippen LogP contribution is 2.28. The van der Waals surface area contributed by atoms with Gasteiger partial charge in [-0.25, -0.2) is 0 Å². The van der Waals surface area contributed by atoms with Gasteiger partial charge >= 0.3 is 0 Å². The fourth-order valence-corrected chi connectivity index (χ4v) is 3.28. The summed E-state index contributed by atoms with van der Waals surface area (Å²) in [5, 5.41) is 0. The predicted molar refractivity (Wildman–Crippen MR) is 73.4 cm³/mol. The van der Waals surface area contributed by atoms with Gasteiger partial charge in [0.2, 0.25) is 0 Å². The molecule has 1 saturated heterocycles. The van der Waals surface area contributed by atoms with Crippen LogP contribution in [-0.4, -0.2) is 35.5 Å². The third-order valence-electron chi connectivity index (χ3n) is 3.37. The lowest BCUT2D eigenvalue weighted by atomic mass is 10.0. The first-order valence-corrected chi connectivity index (χ1v) is 7.51. The quantitative estimate of drug-likeness (QED) is 0.896. The van der Waals surface area contributed by atoms with E-state index in [-0.39, 0.29) is 12.1 Å². The minimum atomic E-state index is 0.156. The molecule has 2 N–H and O–H groups in total. The summed E-state index contributed by atoms with van der Waals surface area (Å²) < 4.78 is 5.79. The van der Waals surface area contributed by atoms with Gasteiger partial charge in [-0.3, -0.25) is 4.90 Å². The molecule has 1 aliphatic heterocycles. The maximum absolute atomic E-state index is 6.28. The van der Waals surface area contributed by atoms with Crippen LogP contribution in [0.15, 0.2) is 16.5 Å². The number of nitrogens with two attached hydrogens (primary N) is 1. The monoisotopic (exact) mass is 254 g/mol. The van der Waals surface area contributed by atoms with E-state index < -0.39 is 0 Å². The highest BCUT2D eigenvalue weighted by Gasteiger charge is 2.29. The van der Waals surface area contributed by atoms with Crippen molar-refractivity contribution in [3.8, 4) is 0 Å². The number of aryl methyl sites for hydroxylation is 1. The molecule has 0 bridgehead atoms. The average molecular weight is 254 g/mol. The molecule has 0 saturated carbocycles. The molecule has 1 aliphatic rings. The van der Waals surface area contributed by atoms with Crippen molar-refractivity contribution in [1.82, 2.24) is 4.90 Å². The highest BCUT2D eigenvalue weighted by molar-refractivity contribution is 7.99. The smallest absolute Gasteiger partial charge is 0.122 e. The summed E-state index contributed by atoms with van der Waals surface area (Å²) in [6, 6.07) is 4.51. The van der Waals surface area contributed by atoms with Crippen molar-refractivity contribution in [3.63, 3.8) is 0 Å². The SMILES string of the molecule is CCC(N)C(c1ccc(C)o1)N1CCSCC1. The molecule has 2 atom stereocenters. The van der Waals surface area contributed by atoms with E-state index in [2.05, 4.69) is 17.9 Å². The molecule has 4 heteroatoms. The summed E-state index contributed by atoms with van der Waals surface area (Å²) in [6.45, 7) is 6.36. The van der Waals surface area contributed by atoms with Gasteiger partial charge in [-0.05, 0) is 25.5 Å². The van der Waals surface area contributed by atoms with E-state index in [4.69, 9.17) is 10.2 Å². The Morgan fingerprint density at radius 1 is 1.41 bits per heavy atom. The van der Waals surface area contributed by atoms with Crippen LogP contribution >= 0.6 is 11.8 Å². The topological polar surface area (TPSA) is 42.4 Å². The second-order valence-corrected chi connectivity index (χ2v) is 5.84. The van der Waals surface area contributed by atoms with E-state index in [0.29, 0.717) is 0 Å². The molecule has 0 radical (unpaired) electrons. The van der Waals surface area contributed by atoms with Crippen molar-refractivity contribution in [1.29, 1.82) is 0 Å².